The van der Waals surface area contributed by atoms with E-state index in [1.807, 2.05) is 70.2 Å². The lowest BCUT2D eigenvalue weighted by Crippen LogP contribution is -2.05. The van der Waals surface area contributed by atoms with E-state index in [1.54, 1.807) is 28.7 Å². The molecule has 0 amide bonds. The number of halogens is 3. The Morgan fingerprint density at radius 1 is 0.330 bits per heavy atom. The second-order valence-corrected chi connectivity index (χ2v) is 33.3. The fourth-order valence-electron chi connectivity index (χ4n) is 11.7. The number of carbonyl (C=O) groups is 1. The van der Waals surface area contributed by atoms with E-state index in [1.165, 1.54) is 76.0 Å². The fraction of sp³-hybridized carbons (Fsp3) is 0.127. The number of hydrogen-bond donors (Lipinski definition) is 0. The summed E-state index contributed by atoms with van der Waals surface area (Å²) in [6.07, 6.45) is 10.0. The van der Waals surface area contributed by atoms with Crippen LogP contribution in [-0.2, 0) is 39.5 Å². The molecule has 0 aliphatic rings. The van der Waals surface area contributed by atoms with E-state index in [-0.39, 0.29) is 38.8 Å². The molecule has 474 valence electrons. The van der Waals surface area contributed by atoms with Gasteiger partial charge in [-0.3, -0.25) is 13.9 Å². The Morgan fingerprint density at radius 2 is 0.617 bits per heavy atom. The van der Waals surface area contributed by atoms with E-state index in [0.717, 1.165) is 77.4 Å². The molecule has 15 heteroatoms. The summed E-state index contributed by atoms with van der Waals surface area (Å²) < 4.78 is 54.5. The van der Waals surface area contributed by atoms with Gasteiger partial charge < -0.3 is 18.1 Å². The minimum absolute atomic E-state index is 0.0832. The topological polar surface area (TPSA) is 88.1 Å². The molecule has 0 saturated carbocycles. The molecule has 0 aliphatic carbocycles. The zero-order chi connectivity index (χ0) is 65.6. The van der Waals surface area contributed by atoms with Gasteiger partial charge in [-0.05, 0) is 258 Å². The van der Waals surface area contributed by atoms with Crippen LogP contribution < -0.4 is 0 Å². The molecule has 3 heterocycles. The van der Waals surface area contributed by atoms with Crippen molar-refractivity contribution in [3.63, 3.8) is 0 Å². The SMILES string of the molecule is Brc1ccc(/C=C/c2cc(-c3cccc4ccccc34)c(/C=C/c3ccc(Br)s3)cc2-c2cccc3ccccc23)s1.CCOP(=O)(Cc1cc(-c2cccc3ccccc23)c(CP(=O)(OCC)OCC)cc1-c1cccc2ccccc12)OCC.O=Cc1ccc(Br)s1. The molecule has 0 spiro atoms. The molecule has 0 fully saturated rings. The maximum Gasteiger partial charge on any atom is 0.335 e. The van der Waals surface area contributed by atoms with E-state index >= 15 is 0 Å². The molecule has 10 aromatic carbocycles. The third-order valence-corrected chi connectivity index (χ3v) is 24.4. The third kappa shape index (κ3) is 16.7. The highest BCUT2D eigenvalue weighted by molar-refractivity contribution is 9.11. The molecule has 0 bridgehead atoms. The van der Waals surface area contributed by atoms with Crippen molar-refractivity contribution in [2.24, 2.45) is 0 Å². The molecule has 0 unspecified atom stereocenters. The van der Waals surface area contributed by atoms with Crippen LogP contribution in [0.2, 0.25) is 0 Å². The minimum atomic E-state index is -3.49. The summed E-state index contributed by atoms with van der Waals surface area (Å²) in [5.41, 5.74) is 12.6. The average molecular weight is 1530 g/mol. The lowest BCUT2D eigenvalue weighted by molar-refractivity contribution is 0.112. The lowest BCUT2D eigenvalue weighted by atomic mass is 9.87. The Balaban J connectivity index is 0.000000171. The lowest BCUT2D eigenvalue weighted by Gasteiger charge is -2.24. The van der Waals surface area contributed by atoms with E-state index < -0.39 is 15.2 Å². The van der Waals surface area contributed by atoms with Gasteiger partial charge in [0.25, 0.3) is 0 Å². The zero-order valence-electron chi connectivity index (χ0n) is 52.2. The number of hydrogen-bond acceptors (Lipinski definition) is 10. The van der Waals surface area contributed by atoms with Gasteiger partial charge in [-0.25, -0.2) is 0 Å². The predicted octanol–water partition coefficient (Wildman–Crippen LogP) is 26.5. The molecule has 0 atom stereocenters. The highest BCUT2D eigenvalue weighted by Gasteiger charge is 2.31. The van der Waals surface area contributed by atoms with Crippen molar-refractivity contribution in [2.75, 3.05) is 26.4 Å². The highest BCUT2D eigenvalue weighted by Crippen LogP contribution is 2.56. The van der Waals surface area contributed by atoms with Crippen molar-refractivity contribution in [2.45, 2.75) is 40.0 Å². The first-order valence-electron chi connectivity index (χ1n) is 30.9. The van der Waals surface area contributed by atoms with Gasteiger partial charge in [0.2, 0.25) is 0 Å². The number of thiophene rings is 3. The Hall–Kier alpha value is -6.77. The van der Waals surface area contributed by atoms with Crippen molar-refractivity contribution in [3.8, 4) is 44.5 Å². The van der Waals surface area contributed by atoms with Gasteiger partial charge in [-0.1, -0.05) is 182 Å². The van der Waals surface area contributed by atoms with E-state index in [0.29, 0.717) is 0 Å². The molecule has 3 aromatic heterocycles. The first kappa shape index (κ1) is 68.6. The number of aldehydes is 1. The largest absolute Gasteiger partial charge is 0.335 e. The summed E-state index contributed by atoms with van der Waals surface area (Å²) in [4.78, 5) is 13.2. The van der Waals surface area contributed by atoms with Crippen LogP contribution in [0.25, 0.3) is 112 Å². The molecular formula is C79H67Br3O7P2S3. The van der Waals surface area contributed by atoms with Crippen LogP contribution in [0.5, 0.6) is 0 Å². The average Bonchev–Trinajstić information content (AvgIpc) is 1.14. The van der Waals surface area contributed by atoms with E-state index in [4.69, 9.17) is 18.1 Å². The Labute approximate surface area is 587 Å². The summed E-state index contributed by atoms with van der Waals surface area (Å²) >= 11 is 15.4. The van der Waals surface area contributed by atoms with E-state index in [2.05, 4.69) is 254 Å². The standard InChI is InChI=1S/C38H24Br2S2.C36H40O6P2.C5H3BrOS/c39-37-21-19-29(41-37)17-15-27-24-36(34-14-6-10-26-8-2-4-12-32(26)34)28(16-18-30-20-22-38(40)42-30)23-35(27)33-13-5-9-25-7-1-3-11-31(25)33;1-5-39-43(37,40-6-2)25-29-23-36(34-22-14-18-28-16-10-12-20-32(28)34)30(26-44(38,41-7-3)42-8-4)24-35(29)33-21-13-17-27-15-9-11-19-31(27)33;6-5-2-1-4(3-7)8-5/h1-24H;9-24H,5-8,25-26H2,1-4H3;1-3H/b17-15+,18-16+;;. The molecule has 94 heavy (non-hydrogen) atoms. The van der Waals surface area contributed by atoms with Gasteiger partial charge in [-0.15, -0.1) is 34.0 Å². The van der Waals surface area contributed by atoms with Gasteiger partial charge in [0.05, 0.1) is 55.0 Å². The van der Waals surface area contributed by atoms with Gasteiger partial charge in [0.15, 0.2) is 6.29 Å². The van der Waals surface area contributed by atoms with Gasteiger partial charge in [0, 0.05) is 9.75 Å². The van der Waals surface area contributed by atoms with Crippen LogP contribution in [0.3, 0.4) is 0 Å². The maximum atomic E-state index is 14.0. The van der Waals surface area contributed by atoms with Gasteiger partial charge in [0.1, 0.15) is 0 Å². The van der Waals surface area contributed by atoms with Gasteiger partial charge >= 0.3 is 15.2 Å². The first-order chi connectivity index (χ1) is 45.8. The number of fused-ring (bicyclic) bond motifs is 4. The molecule has 13 rings (SSSR count). The summed E-state index contributed by atoms with van der Waals surface area (Å²) in [5, 5.41) is 9.27. The molecule has 0 N–H and O–H groups in total. The van der Waals surface area contributed by atoms with Crippen molar-refractivity contribution in [3.05, 3.63) is 279 Å². The number of carbonyl (C=O) groups excluding carboxylic acids is 1. The summed E-state index contributed by atoms with van der Waals surface area (Å²) in [7, 11) is -6.98. The molecule has 0 saturated heterocycles. The summed E-state index contributed by atoms with van der Waals surface area (Å²) in [6, 6.07) is 80.3. The summed E-state index contributed by atoms with van der Waals surface area (Å²) in [5.74, 6) is 0. The quantitative estimate of drug-likeness (QED) is 0.0523. The highest BCUT2D eigenvalue weighted by atomic mass is 79.9. The van der Waals surface area contributed by atoms with Crippen LogP contribution in [0, 0.1) is 0 Å². The van der Waals surface area contributed by atoms with Crippen molar-refractivity contribution in [1.29, 1.82) is 0 Å². The Bertz CT molecular complexity index is 4660. The second kappa shape index (κ2) is 32.3. The smallest absolute Gasteiger partial charge is 0.309 e. The van der Waals surface area contributed by atoms with Crippen molar-refractivity contribution < 1.29 is 32.0 Å². The zero-order valence-corrected chi connectivity index (χ0v) is 61.2. The Morgan fingerprint density at radius 3 is 0.894 bits per heavy atom. The number of rotatable bonds is 21. The summed E-state index contributed by atoms with van der Waals surface area (Å²) in [6.45, 7) is 8.34. The normalized spacial score (nSPS) is 11.8. The number of benzene rings is 10. The molecular weight excluding hydrogens is 1460 g/mol. The molecule has 0 radical (unpaired) electrons. The van der Waals surface area contributed by atoms with Crippen molar-refractivity contribution in [1.82, 2.24) is 0 Å². The fourth-order valence-corrected chi connectivity index (χ4v) is 19.0. The molecule has 13 aromatic rings. The minimum Gasteiger partial charge on any atom is -0.309 e. The van der Waals surface area contributed by atoms with Crippen LogP contribution in [0.4, 0.5) is 0 Å². The second-order valence-electron chi connectivity index (χ2n) is 21.7. The first-order valence-corrected chi connectivity index (χ1v) is 39.2. The third-order valence-electron chi connectivity index (χ3n) is 15.7. The van der Waals surface area contributed by atoms with Crippen molar-refractivity contribution >= 4 is 171 Å². The predicted molar refractivity (Wildman–Crippen MR) is 413 cm³/mol. The molecule has 7 nitrogen and oxygen atoms in total. The maximum absolute atomic E-state index is 14.0. The Kier molecular flexibility index (Phi) is 23.6. The van der Waals surface area contributed by atoms with Crippen LogP contribution >= 0.6 is 97.0 Å². The van der Waals surface area contributed by atoms with Crippen LogP contribution in [0.1, 0.15) is 69.4 Å². The monoisotopic (exact) mass is 1520 g/mol. The van der Waals surface area contributed by atoms with Crippen LogP contribution in [0.15, 0.2) is 242 Å². The molecule has 0 aliphatic heterocycles. The van der Waals surface area contributed by atoms with Gasteiger partial charge in [-0.2, -0.15) is 0 Å². The van der Waals surface area contributed by atoms with E-state index in [9.17, 15) is 13.9 Å². The van der Waals surface area contributed by atoms with Crippen LogP contribution in [-0.4, -0.2) is 32.7 Å².